The van der Waals surface area contributed by atoms with Crippen LogP contribution < -0.4 is 5.32 Å². The van der Waals surface area contributed by atoms with Crippen molar-refractivity contribution >= 4 is 15.9 Å². The van der Waals surface area contributed by atoms with Crippen LogP contribution in [0.3, 0.4) is 0 Å². The first kappa shape index (κ1) is 12.8. The van der Waals surface area contributed by atoms with Crippen LogP contribution in [0.4, 0.5) is 0 Å². The van der Waals surface area contributed by atoms with E-state index in [9.17, 15) is 0 Å². The molecule has 0 saturated carbocycles. The fourth-order valence-corrected chi connectivity index (χ4v) is 2.69. The normalized spacial score (nSPS) is 18.7. The zero-order chi connectivity index (χ0) is 13.1. The van der Waals surface area contributed by atoms with Gasteiger partial charge in [0.1, 0.15) is 5.82 Å². The summed E-state index contributed by atoms with van der Waals surface area (Å²) in [7, 11) is 0. The van der Waals surface area contributed by atoms with Gasteiger partial charge in [-0.05, 0) is 37.6 Å². The molecule has 0 amide bonds. The smallest absolute Gasteiger partial charge is 0.130 e. The first-order valence-electron chi connectivity index (χ1n) is 6.62. The number of rotatable bonds is 3. The van der Waals surface area contributed by atoms with Crippen molar-refractivity contribution in [2.45, 2.75) is 25.3 Å². The summed E-state index contributed by atoms with van der Waals surface area (Å²) in [4.78, 5) is 9.06. The topological polar surface area (TPSA) is 37.8 Å². The second kappa shape index (κ2) is 5.80. The fraction of sp³-hybridized carbons (Fsp3) is 0.333. The lowest BCUT2D eigenvalue weighted by molar-refractivity contribution is 0.585. The molecule has 19 heavy (non-hydrogen) atoms. The van der Waals surface area contributed by atoms with Crippen molar-refractivity contribution in [3.63, 3.8) is 0 Å². The van der Waals surface area contributed by atoms with Crippen molar-refractivity contribution in [2.75, 3.05) is 6.54 Å². The highest BCUT2D eigenvalue weighted by Gasteiger charge is 2.15. The third kappa shape index (κ3) is 3.19. The minimum atomic E-state index is 0.542. The molecule has 1 fully saturated rings. The summed E-state index contributed by atoms with van der Waals surface area (Å²) >= 11 is 3.45. The Bertz CT molecular complexity index is 548. The maximum atomic E-state index is 4.67. The Kier molecular flexibility index (Phi) is 3.89. The van der Waals surface area contributed by atoms with E-state index in [-0.39, 0.29) is 0 Å². The van der Waals surface area contributed by atoms with Crippen LogP contribution in [0.2, 0.25) is 0 Å². The number of aromatic nitrogens is 2. The number of nitrogens with one attached hydrogen (secondary N) is 1. The Morgan fingerprint density at radius 2 is 2.05 bits per heavy atom. The van der Waals surface area contributed by atoms with Gasteiger partial charge in [-0.25, -0.2) is 9.97 Å². The Hall–Kier alpha value is -1.26. The molecule has 1 unspecified atom stereocenters. The van der Waals surface area contributed by atoms with E-state index in [0.29, 0.717) is 6.04 Å². The molecule has 2 aromatic rings. The van der Waals surface area contributed by atoms with E-state index >= 15 is 0 Å². The summed E-state index contributed by atoms with van der Waals surface area (Å²) in [5, 5.41) is 3.49. The largest absolute Gasteiger partial charge is 0.314 e. The zero-order valence-corrected chi connectivity index (χ0v) is 12.2. The van der Waals surface area contributed by atoms with Crippen molar-refractivity contribution < 1.29 is 0 Å². The quantitative estimate of drug-likeness (QED) is 0.944. The second-order valence-electron chi connectivity index (χ2n) is 4.86. The number of halogens is 1. The molecular formula is C15H16BrN3. The number of hydrogen-bond acceptors (Lipinski definition) is 3. The maximum absolute atomic E-state index is 4.67. The molecule has 2 heterocycles. The van der Waals surface area contributed by atoms with E-state index in [1.54, 1.807) is 0 Å². The minimum Gasteiger partial charge on any atom is -0.314 e. The summed E-state index contributed by atoms with van der Waals surface area (Å²) in [5.41, 5.74) is 2.13. The molecule has 1 saturated heterocycles. The molecular weight excluding hydrogens is 302 g/mol. The lowest BCUT2D eigenvalue weighted by Crippen LogP contribution is -2.24. The van der Waals surface area contributed by atoms with Crippen LogP contribution in [0.1, 0.15) is 18.7 Å². The van der Waals surface area contributed by atoms with Gasteiger partial charge in [0.15, 0.2) is 0 Å². The maximum Gasteiger partial charge on any atom is 0.130 e. The number of benzene rings is 1. The zero-order valence-electron chi connectivity index (χ0n) is 10.6. The van der Waals surface area contributed by atoms with Crippen LogP contribution in [0.5, 0.6) is 0 Å². The highest BCUT2D eigenvalue weighted by Crippen LogP contribution is 2.20. The lowest BCUT2D eigenvalue weighted by atomic mass is 10.1. The van der Waals surface area contributed by atoms with Gasteiger partial charge in [-0.3, -0.25) is 0 Å². The molecule has 0 spiro atoms. The molecule has 1 aromatic carbocycles. The Morgan fingerprint density at radius 3 is 2.79 bits per heavy atom. The van der Waals surface area contributed by atoms with Crippen molar-refractivity contribution in [3.05, 3.63) is 46.8 Å². The first-order chi connectivity index (χ1) is 9.31. The monoisotopic (exact) mass is 317 g/mol. The van der Waals surface area contributed by atoms with Gasteiger partial charge in [-0.15, -0.1) is 0 Å². The molecule has 98 valence electrons. The van der Waals surface area contributed by atoms with E-state index < -0.39 is 0 Å². The predicted molar refractivity (Wildman–Crippen MR) is 79.9 cm³/mol. The van der Waals surface area contributed by atoms with E-state index in [0.717, 1.165) is 34.5 Å². The molecule has 0 bridgehead atoms. The van der Waals surface area contributed by atoms with Crippen LogP contribution in [0, 0.1) is 0 Å². The Balaban J connectivity index is 1.80. The van der Waals surface area contributed by atoms with Crippen LogP contribution in [0.15, 0.2) is 41.0 Å². The highest BCUT2D eigenvalue weighted by molar-refractivity contribution is 9.10. The molecule has 1 N–H and O–H groups in total. The van der Waals surface area contributed by atoms with Crippen LogP contribution in [-0.4, -0.2) is 22.6 Å². The van der Waals surface area contributed by atoms with Crippen LogP contribution in [-0.2, 0) is 6.42 Å². The molecule has 1 aliphatic heterocycles. The molecule has 1 atom stereocenters. The van der Waals surface area contributed by atoms with Crippen molar-refractivity contribution in [3.8, 4) is 11.3 Å². The van der Waals surface area contributed by atoms with E-state index in [4.69, 9.17) is 0 Å². The molecule has 1 aromatic heterocycles. The summed E-state index contributed by atoms with van der Waals surface area (Å²) in [6, 6.07) is 10.7. The summed E-state index contributed by atoms with van der Waals surface area (Å²) in [6.07, 6.45) is 5.27. The van der Waals surface area contributed by atoms with Gasteiger partial charge in [0, 0.05) is 28.7 Å². The van der Waals surface area contributed by atoms with Crippen molar-refractivity contribution in [2.24, 2.45) is 0 Å². The molecule has 3 nitrogen and oxygen atoms in total. The highest BCUT2D eigenvalue weighted by atomic mass is 79.9. The van der Waals surface area contributed by atoms with Crippen molar-refractivity contribution in [1.82, 2.24) is 15.3 Å². The molecule has 1 aliphatic rings. The van der Waals surface area contributed by atoms with E-state index in [2.05, 4.69) is 43.3 Å². The molecule has 3 rings (SSSR count). The number of nitrogens with zero attached hydrogens (tertiary/aromatic N) is 2. The van der Waals surface area contributed by atoms with Gasteiger partial charge in [0.2, 0.25) is 0 Å². The number of hydrogen-bond donors (Lipinski definition) is 1. The Labute approximate surface area is 121 Å². The molecule has 0 aliphatic carbocycles. The average molecular weight is 318 g/mol. The van der Waals surface area contributed by atoms with E-state index in [1.807, 2.05) is 24.4 Å². The van der Waals surface area contributed by atoms with Gasteiger partial charge in [-0.2, -0.15) is 0 Å². The Morgan fingerprint density at radius 1 is 1.21 bits per heavy atom. The second-order valence-corrected chi connectivity index (χ2v) is 5.78. The fourth-order valence-electron chi connectivity index (χ4n) is 2.43. The molecule has 0 radical (unpaired) electrons. The third-order valence-corrected chi connectivity index (χ3v) is 3.97. The van der Waals surface area contributed by atoms with E-state index in [1.165, 1.54) is 12.8 Å². The van der Waals surface area contributed by atoms with Gasteiger partial charge in [0.25, 0.3) is 0 Å². The van der Waals surface area contributed by atoms with Crippen LogP contribution >= 0.6 is 15.9 Å². The lowest BCUT2D eigenvalue weighted by Gasteiger charge is -2.09. The third-order valence-electron chi connectivity index (χ3n) is 3.44. The van der Waals surface area contributed by atoms with Gasteiger partial charge in [0.05, 0.1) is 5.69 Å². The standard InChI is InChI=1S/C15H16BrN3/c16-12-5-3-11(4-6-12)14-7-9-18-15(19-14)10-13-2-1-8-17-13/h3-7,9,13,17H,1-2,8,10H2. The summed E-state index contributed by atoms with van der Waals surface area (Å²) in [5.74, 6) is 0.930. The summed E-state index contributed by atoms with van der Waals surface area (Å²) < 4.78 is 1.08. The van der Waals surface area contributed by atoms with Crippen LogP contribution in [0.25, 0.3) is 11.3 Å². The predicted octanol–water partition coefficient (Wildman–Crippen LogP) is 3.20. The molecule has 4 heteroatoms. The minimum absolute atomic E-state index is 0.542. The van der Waals surface area contributed by atoms with Gasteiger partial charge >= 0.3 is 0 Å². The SMILES string of the molecule is Brc1ccc(-c2ccnc(CC3CCCN3)n2)cc1. The summed E-state index contributed by atoms with van der Waals surface area (Å²) in [6.45, 7) is 1.12. The first-order valence-corrected chi connectivity index (χ1v) is 7.42. The average Bonchev–Trinajstić information content (AvgIpc) is 2.93. The van der Waals surface area contributed by atoms with Gasteiger partial charge in [-0.1, -0.05) is 28.1 Å². The van der Waals surface area contributed by atoms with Crippen molar-refractivity contribution in [1.29, 1.82) is 0 Å². The van der Waals surface area contributed by atoms with Gasteiger partial charge < -0.3 is 5.32 Å².